The van der Waals surface area contributed by atoms with E-state index in [1.54, 1.807) is 24.3 Å². The van der Waals surface area contributed by atoms with Crippen LogP contribution >= 0.6 is 23.8 Å². The Bertz CT molecular complexity index is 786. The summed E-state index contributed by atoms with van der Waals surface area (Å²) in [5, 5.41) is 5.34. The number of carbonyl (C=O) groups excluding carboxylic acids is 2. The lowest BCUT2D eigenvalue weighted by Gasteiger charge is -2.15. The third kappa shape index (κ3) is 2.93. The Morgan fingerprint density at radius 3 is 2.27 bits per heavy atom. The number of nitrogens with one attached hydrogen (secondary N) is 2. The Morgan fingerprint density at radius 1 is 1.00 bits per heavy atom. The van der Waals surface area contributed by atoms with E-state index >= 15 is 0 Å². The van der Waals surface area contributed by atoms with E-state index in [9.17, 15) is 9.59 Å². The van der Waals surface area contributed by atoms with Crippen molar-refractivity contribution in [1.29, 1.82) is 0 Å². The van der Waals surface area contributed by atoms with E-state index in [0.29, 0.717) is 16.5 Å². The van der Waals surface area contributed by atoms with E-state index in [-0.39, 0.29) is 10.7 Å². The van der Waals surface area contributed by atoms with Crippen molar-refractivity contribution < 1.29 is 14.0 Å². The third-order valence-corrected chi connectivity index (χ3v) is 3.44. The van der Waals surface area contributed by atoms with Crippen LogP contribution in [0.5, 0.6) is 0 Å². The molecule has 22 heavy (non-hydrogen) atoms. The van der Waals surface area contributed by atoms with E-state index in [1.807, 2.05) is 12.1 Å². The predicted octanol–water partition coefficient (Wildman–Crippen LogP) is 2.51. The van der Waals surface area contributed by atoms with Crippen LogP contribution < -0.4 is 10.6 Å². The second-order valence-electron chi connectivity index (χ2n) is 4.50. The molecule has 2 heterocycles. The zero-order valence-electron chi connectivity index (χ0n) is 11.1. The number of hydrogen-bond donors (Lipinski definition) is 2. The minimum atomic E-state index is -0.557. The summed E-state index contributed by atoms with van der Waals surface area (Å²) in [7, 11) is 0. The summed E-state index contributed by atoms with van der Waals surface area (Å²) in [5.74, 6) is -0.120. The highest BCUT2D eigenvalue weighted by Crippen LogP contribution is 2.25. The quantitative estimate of drug-likeness (QED) is 0.503. The fraction of sp³-hybridized carbons (Fsp3) is 0. The molecule has 0 unspecified atom stereocenters. The van der Waals surface area contributed by atoms with Crippen LogP contribution in [0.4, 0.5) is 0 Å². The predicted molar refractivity (Wildman–Crippen MR) is 86.0 cm³/mol. The van der Waals surface area contributed by atoms with Gasteiger partial charge in [0.05, 0.1) is 0 Å². The average molecular weight is 333 g/mol. The fourth-order valence-electron chi connectivity index (χ4n) is 1.95. The number of carbonyl (C=O) groups is 2. The van der Waals surface area contributed by atoms with Gasteiger partial charge in [-0.15, -0.1) is 0 Å². The number of amides is 2. The molecule has 0 radical (unpaired) electrons. The zero-order valence-corrected chi connectivity index (χ0v) is 12.6. The molecule has 1 aromatic heterocycles. The van der Waals surface area contributed by atoms with Gasteiger partial charge in [-0.3, -0.25) is 20.2 Å². The largest absolute Gasteiger partial charge is 0.457 e. The van der Waals surface area contributed by atoms with E-state index in [4.69, 9.17) is 28.2 Å². The van der Waals surface area contributed by atoms with Gasteiger partial charge in [-0.1, -0.05) is 11.6 Å². The third-order valence-electron chi connectivity index (χ3n) is 2.99. The van der Waals surface area contributed by atoms with Crippen LogP contribution in [0.2, 0.25) is 5.02 Å². The van der Waals surface area contributed by atoms with Crippen molar-refractivity contribution in [1.82, 2.24) is 10.6 Å². The summed E-state index contributed by atoms with van der Waals surface area (Å²) in [6, 6.07) is 10.6. The number of furan rings is 1. The number of halogens is 1. The smallest absolute Gasteiger partial charge is 0.263 e. The molecule has 1 fully saturated rings. The minimum absolute atomic E-state index is 0.00607. The van der Waals surface area contributed by atoms with Crippen LogP contribution in [0, 0.1) is 0 Å². The van der Waals surface area contributed by atoms with Crippen LogP contribution in [0.1, 0.15) is 5.76 Å². The lowest BCUT2D eigenvalue weighted by atomic mass is 10.1. The van der Waals surface area contributed by atoms with Crippen molar-refractivity contribution in [2.45, 2.75) is 0 Å². The molecule has 1 saturated heterocycles. The minimum Gasteiger partial charge on any atom is -0.457 e. The highest BCUT2D eigenvalue weighted by Gasteiger charge is 2.26. The molecule has 0 atom stereocenters. The molecule has 2 N–H and O–H groups in total. The van der Waals surface area contributed by atoms with Crippen molar-refractivity contribution in [2.24, 2.45) is 0 Å². The summed E-state index contributed by atoms with van der Waals surface area (Å²) >= 11 is 10.6. The summed E-state index contributed by atoms with van der Waals surface area (Å²) in [5.41, 5.74) is 0.776. The molecule has 5 nitrogen and oxygen atoms in total. The van der Waals surface area contributed by atoms with Crippen molar-refractivity contribution in [3.05, 3.63) is 52.8 Å². The van der Waals surface area contributed by atoms with Gasteiger partial charge in [0.15, 0.2) is 5.11 Å². The Balaban J connectivity index is 1.89. The first-order valence-electron chi connectivity index (χ1n) is 6.27. The molecule has 0 aliphatic carbocycles. The molecule has 0 bridgehead atoms. The van der Waals surface area contributed by atoms with Gasteiger partial charge in [0.2, 0.25) is 0 Å². The summed E-state index contributed by atoms with van der Waals surface area (Å²) in [6.45, 7) is 0. The van der Waals surface area contributed by atoms with Gasteiger partial charge in [0.1, 0.15) is 17.1 Å². The Morgan fingerprint density at radius 2 is 1.64 bits per heavy atom. The highest BCUT2D eigenvalue weighted by molar-refractivity contribution is 7.80. The fourth-order valence-corrected chi connectivity index (χ4v) is 2.26. The Labute approximate surface area is 135 Å². The summed E-state index contributed by atoms with van der Waals surface area (Å²) in [4.78, 5) is 23.5. The van der Waals surface area contributed by atoms with Gasteiger partial charge in [0, 0.05) is 10.6 Å². The molecule has 0 spiro atoms. The van der Waals surface area contributed by atoms with Gasteiger partial charge >= 0.3 is 0 Å². The van der Waals surface area contributed by atoms with Gasteiger partial charge in [0.25, 0.3) is 11.8 Å². The second kappa shape index (κ2) is 5.75. The molecular formula is C15H9ClN2O3S. The molecule has 2 amide bonds. The maximum atomic E-state index is 11.7. The topological polar surface area (TPSA) is 71.3 Å². The van der Waals surface area contributed by atoms with Crippen LogP contribution in [0.15, 0.2) is 46.4 Å². The lowest BCUT2D eigenvalue weighted by molar-refractivity contribution is -0.123. The Kier molecular flexibility index (Phi) is 3.79. The first-order valence-corrected chi connectivity index (χ1v) is 7.06. The molecule has 1 aliphatic rings. The molecule has 110 valence electrons. The van der Waals surface area contributed by atoms with Crippen molar-refractivity contribution in [3.63, 3.8) is 0 Å². The van der Waals surface area contributed by atoms with E-state index in [0.717, 1.165) is 5.56 Å². The average Bonchev–Trinajstić information content (AvgIpc) is 2.92. The molecule has 7 heteroatoms. The summed E-state index contributed by atoms with van der Waals surface area (Å²) < 4.78 is 5.62. The van der Waals surface area contributed by atoms with Gasteiger partial charge < -0.3 is 4.42 Å². The lowest BCUT2D eigenvalue weighted by Crippen LogP contribution is -2.51. The maximum Gasteiger partial charge on any atom is 0.263 e. The zero-order chi connectivity index (χ0) is 15.7. The van der Waals surface area contributed by atoms with Crippen molar-refractivity contribution in [2.75, 3.05) is 0 Å². The van der Waals surface area contributed by atoms with Crippen molar-refractivity contribution >= 4 is 46.8 Å². The maximum absolute atomic E-state index is 11.7. The van der Waals surface area contributed by atoms with Crippen molar-refractivity contribution in [3.8, 4) is 11.3 Å². The van der Waals surface area contributed by atoms with Crippen LogP contribution in [0.3, 0.4) is 0 Å². The van der Waals surface area contributed by atoms with E-state index in [2.05, 4.69) is 10.6 Å². The van der Waals surface area contributed by atoms with E-state index < -0.39 is 11.8 Å². The van der Waals surface area contributed by atoms with Gasteiger partial charge in [-0.05, 0) is 54.7 Å². The number of thiocarbonyl (C=S) groups is 1. The number of hydrogen-bond acceptors (Lipinski definition) is 4. The monoisotopic (exact) mass is 332 g/mol. The van der Waals surface area contributed by atoms with Crippen LogP contribution in [0.25, 0.3) is 17.4 Å². The molecule has 1 aromatic carbocycles. The van der Waals surface area contributed by atoms with Crippen LogP contribution in [-0.2, 0) is 9.59 Å². The van der Waals surface area contributed by atoms with Crippen LogP contribution in [-0.4, -0.2) is 16.9 Å². The first kappa shape index (κ1) is 14.5. The highest BCUT2D eigenvalue weighted by atomic mass is 35.5. The molecule has 1 aliphatic heterocycles. The standard InChI is InChI=1S/C15H9ClN2O3S/c16-9-3-1-8(2-4-9)12-6-5-10(21-12)7-11-13(19)17-15(22)18-14(11)20/h1-7H,(H2,17,18,19,20,22). The second-order valence-corrected chi connectivity index (χ2v) is 5.35. The number of benzene rings is 1. The molecule has 0 saturated carbocycles. The number of rotatable bonds is 2. The Hall–Kier alpha value is -2.44. The van der Waals surface area contributed by atoms with Gasteiger partial charge in [-0.2, -0.15) is 0 Å². The molecule has 3 rings (SSSR count). The summed E-state index contributed by atoms with van der Waals surface area (Å²) in [6.07, 6.45) is 1.37. The van der Waals surface area contributed by atoms with E-state index in [1.165, 1.54) is 6.08 Å². The molecule has 2 aromatic rings. The van der Waals surface area contributed by atoms with Gasteiger partial charge in [-0.25, -0.2) is 0 Å². The normalized spacial score (nSPS) is 14.6. The molecular weight excluding hydrogens is 324 g/mol. The SMILES string of the molecule is O=C1NC(=S)NC(=O)C1=Cc1ccc(-c2ccc(Cl)cc2)o1. The first-order chi connectivity index (χ1) is 10.5.